The Morgan fingerprint density at radius 3 is 2.60 bits per heavy atom. The maximum absolute atomic E-state index is 12.3. The van der Waals surface area contributed by atoms with Crippen LogP contribution in [0.15, 0.2) is 24.3 Å². The van der Waals surface area contributed by atoms with E-state index in [1.165, 1.54) is 4.90 Å². The number of anilines is 1. The first-order chi connectivity index (χ1) is 9.39. The molecule has 2 rings (SSSR count). The maximum Gasteiger partial charge on any atom is 0.323 e. The van der Waals surface area contributed by atoms with Crippen LogP contribution in [0.2, 0.25) is 5.02 Å². The van der Waals surface area contributed by atoms with Gasteiger partial charge in [0.2, 0.25) is 5.91 Å². The third-order valence-electron chi connectivity index (χ3n) is 3.57. The number of benzene rings is 1. The molecule has 0 radical (unpaired) electrons. The van der Waals surface area contributed by atoms with Gasteiger partial charge in [-0.15, -0.1) is 0 Å². The van der Waals surface area contributed by atoms with Gasteiger partial charge in [-0.1, -0.05) is 17.7 Å². The molecule has 0 heterocycles. The zero-order valence-electron chi connectivity index (χ0n) is 11.0. The number of carboxylic acids is 1. The first-order valence-electron chi connectivity index (χ1n) is 6.46. The van der Waals surface area contributed by atoms with Gasteiger partial charge in [0.1, 0.15) is 6.54 Å². The fourth-order valence-electron chi connectivity index (χ4n) is 2.31. The van der Waals surface area contributed by atoms with Crippen LogP contribution in [0, 0.1) is 0 Å². The minimum atomic E-state index is -1.07. The summed E-state index contributed by atoms with van der Waals surface area (Å²) in [6.45, 7) is -0.394. The number of amides is 1. The summed E-state index contributed by atoms with van der Waals surface area (Å²) < 4.78 is 0. The Labute approximate surface area is 122 Å². The molecule has 1 aromatic rings. The van der Waals surface area contributed by atoms with Gasteiger partial charge in [0.05, 0.1) is 0 Å². The number of halogens is 1. The summed E-state index contributed by atoms with van der Waals surface area (Å²) in [4.78, 5) is 24.5. The molecule has 5 nitrogen and oxygen atoms in total. The smallest absolute Gasteiger partial charge is 0.323 e. The maximum atomic E-state index is 12.3. The van der Waals surface area contributed by atoms with Gasteiger partial charge < -0.3 is 15.7 Å². The van der Waals surface area contributed by atoms with Crippen molar-refractivity contribution in [2.75, 3.05) is 11.4 Å². The van der Waals surface area contributed by atoms with E-state index in [-0.39, 0.29) is 12.3 Å². The number of nitrogens with zero attached hydrogens (tertiary/aromatic N) is 1. The van der Waals surface area contributed by atoms with E-state index in [0.29, 0.717) is 10.7 Å². The SMILES string of the molecule is NC1(CC(=O)N(CC(=O)O)c2cccc(Cl)c2)CCC1. The molecular formula is C14H17ClN2O3. The lowest BCUT2D eigenvalue weighted by atomic mass is 9.75. The second-order valence-electron chi connectivity index (χ2n) is 5.25. The van der Waals surface area contributed by atoms with Gasteiger partial charge in [0.25, 0.3) is 0 Å². The molecule has 1 amide bonds. The van der Waals surface area contributed by atoms with Crippen LogP contribution in [0.4, 0.5) is 5.69 Å². The molecule has 1 saturated carbocycles. The lowest BCUT2D eigenvalue weighted by Crippen LogP contribution is -2.51. The number of hydrogen-bond donors (Lipinski definition) is 2. The highest BCUT2D eigenvalue weighted by Crippen LogP contribution is 2.33. The highest BCUT2D eigenvalue weighted by Gasteiger charge is 2.36. The lowest BCUT2D eigenvalue weighted by Gasteiger charge is -2.38. The highest BCUT2D eigenvalue weighted by molar-refractivity contribution is 6.30. The van der Waals surface area contributed by atoms with E-state index < -0.39 is 18.1 Å². The van der Waals surface area contributed by atoms with Gasteiger partial charge >= 0.3 is 5.97 Å². The Balaban J connectivity index is 2.18. The average Bonchev–Trinajstić information content (AvgIpc) is 2.33. The van der Waals surface area contributed by atoms with Gasteiger partial charge in [-0.3, -0.25) is 9.59 Å². The van der Waals surface area contributed by atoms with E-state index in [2.05, 4.69) is 0 Å². The molecule has 6 heteroatoms. The fraction of sp³-hybridized carbons (Fsp3) is 0.429. The van der Waals surface area contributed by atoms with E-state index in [4.69, 9.17) is 22.4 Å². The summed E-state index contributed by atoms with van der Waals surface area (Å²) in [5.41, 5.74) is 6.06. The fourth-order valence-corrected chi connectivity index (χ4v) is 2.49. The zero-order chi connectivity index (χ0) is 14.8. The third kappa shape index (κ3) is 3.49. The molecule has 1 aliphatic rings. The number of carbonyl (C=O) groups excluding carboxylic acids is 1. The summed E-state index contributed by atoms with van der Waals surface area (Å²) in [5, 5.41) is 9.43. The predicted molar refractivity (Wildman–Crippen MR) is 76.8 cm³/mol. The van der Waals surface area contributed by atoms with Crippen LogP contribution in [-0.2, 0) is 9.59 Å². The number of carbonyl (C=O) groups is 2. The minimum absolute atomic E-state index is 0.160. The van der Waals surface area contributed by atoms with Crippen molar-refractivity contribution in [3.05, 3.63) is 29.3 Å². The number of rotatable bonds is 5. The molecule has 3 N–H and O–H groups in total. The molecule has 20 heavy (non-hydrogen) atoms. The second kappa shape index (κ2) is 5.81. The topological polar surface area (TPSA) is 83.6 Å². The number of aliphatic carboxylic acids is 1. The number of carboxylic acid groups (broad SMARTS) is 1. The molecule has 1 fully saturated rings. The number of hydrogen-bond acceptors (Lipinski definition) is 3. The van der Waals surface area contributed by atoms with E-state index in [9.17, 15) is 9.59 Å². The van der Waals surface area contributed by atoms with Gasteiger partial charge in [-0.2, -0.15) is 0 Å². The standard InChI is InChI=1S/C14H17ClN2O3/c15-10-3-1-4-11(7-10)17(9-13(19)20)12(18)8-14(16)5-2-6-14/h1,3-4,7H,2,5-6,8-9,16H2,(H,19,20). The van der Waals surface area contributed by atoms with Gasteiger partial charge in [-0.25, -0.2) is 0 Å². The Kier molecular flexibility index (Phi) is 4.30. The third-order valence-corrected chi connectivity index (χ3v) is 3.80. The van der Waals surface area contributed by atoms with Crippen molar-refractivity contribution in [1.82, 2.24) is 0 Å². The molecule has 0 atom stereocenters. The summed E-state index contributed by atoms with van der Waals surface area (Å²) in [5.74, 6) is -1.35. The zero-order valence-corrected chi connectivity index (χ0v) is 11.8. The number of nitrogens with two attached hydrogens (primary N) is 1. The molecule has 1 aromatic carbocycles. The van der Waals surface area contributed by atoms with Gasteiger partial charge in [0.15, 0.2) is 0 Å². The van der Waals surface area contributed by atoms with Crippen LogP contribution in [0.1, 0.15) is 25.7 Å². The lowest BCUT2D eigenvalue weighted by molar-refractivity contribution is -0.136. The van der Waals surface area contributed by atoms with Crippen LogP contribution in [0.5, 0.6) is 0 Å². The van der Waals surface area contributed by atoms with Gasteiger partial charge in [0, 0.05) is 22.7 Å². The van der Waals surface area contributed by atoms with Crippen molar-refractivity contribution < 1.29 is 14.7 Å². The largest absolute Gasteiger partial charge is 0.480 e. The first kappa shape index (κ1) is 14.8. The molecule has 0 aromatic heterocycles. The van der Waals surface area contributed by atoms with Crippen LogP contribution in [0.25, 0.3) is 0 Å². The Hall–Kier alpha value is -1.59. The van der Waals surface area contributed by atoms with Crippen LogP contribution in [-0.4, -0.2) is 29.1 Å². The van der Waals surface area contributed by atoms with E-state index in [1.54, 1.807) is 24.3 Å². The highest BCUT2D eigenvalue weighted by atomic mass is 35.5. The Morgan fingerprint density at radius 1 is 1.40 bits per heavy atom. The molecule has 0 bridgehead atoms. The summed E-state index contributed by atoms with van der Waals surface area (Å²) >= 11 is 5.89. The van der Waals surface area contributed by atoms with Crippen LogP contribution < -0.4 is 10.6 Å². The molecule has 0 aliphatic heterocycles. The molecule has 0 spiro atoms. The van der Waals surface area contributed by atoms with Crippen LogP contribution >= 0.6 is 11.6 Å². The normalized spacial score (nSPS) is 16.3. The second-order valence-corrected chi connectivity index (χ2v) is 5.68. The van der Waals surface area contributed by atoms with Crippen molar-refractivity contribution in [2.45, 2.75) is 31.2 Å². The minimum Gasteiger partial charge on any atom is -0.480 e. The summed E-state index contributed by atoms with van der Waals surface area (Å²) in [6.07, 6.45) is 2.77. The Morgan fingerprint density at radius 2 is 2.10 bits per heavy atom. The van der Waals surface area contributed by atoms with Crippen molar-refractivity contribution in [3.8, 4) is 0 Å². The first-order valence-corrected chi connectivity index (χ1v) is 6.84. The summed E-state index contributed by atoms with van der Waals surface area (Å²) in [6, 6.07) is 6.59. The van der Waals surface area contributed by atoms with E-state index in [0.717, 1.165) is 19.3 Å². The van der Waals surface area contributed by atoms with Crippen molar-refractivity contribution >= 4 is 29.2 Å². The monoisotopic (exact) mass is 296 g/mol. The molecule has 0 unspecified atom stereocenters. The van der Waals surface area contributed by atoms with Crippen molar-refractivity contribution in [1.29, 1.82) is 0 Å². The summed E-state index contributed by atoms with van der Waals surface area (Å²) in [7, 11) is 0. The predicted octanol–water partition coefficient (Wildman–Crippen LogP) is 2.03. The van der Waals surface area contributed by atoms with E-state index >= 15 is 0 Å². The molecule has 1 aliphatic carbocycles. The van der Waals surface area contributed by atoms with Crippen LogP contribution in [0.3, 0.4) is 0 Å². The van der Waals surface area contributed by atoms with E-state index in [1.807, 2.05) is 0 Å². The quantitative estimate of drug-likeness (QED) is 0.871. The van der Waals surface area contributed by atoms with Gasteiger partial charge in [-0.05, 0) is 37.5 Å². The Bertz CT molecular complexity index is 529. The molecule has 0 saturated heterocycles. The van der Waals surface area contributed by atoms with Crippen molar-refractivity contribution in [3.63, 3.8) is 0 Å². The average molecular weight is 297 g/mol. The molecule has 108 valence electrons. The molecular weight excluding hydrogens is 280 g/mol. The van der Waals surface area contributed by atoms with Crippen molar-refractivity contribution in [2.24, 2.45) is 5.73 Å².